The van der Waals surface area contributed by atoms with Gasteiger partial charge in [-0.05, 0) is 30.3 Å². The Hall–Kier alpha value is -2.92. The standard InChI is InChI=1S/C19H20N4O/c1-20-13-18(23-19(24)16-5-3-2-4-6-16)15-9-7-14(8-10-15)17-11-21-22-12-17/h2-12,18,20H,13H2,1H3,(H,21,22)(H,23,24). The van der Waals surface area contributed by atoms with E-state index >= 15 is 0 Å². The molecule has 5 heteroatoms. The predicted molar refractivity (Wildman–Crippen MR) is 94.6 cm³/mol. The first-order valence-electron chi connectivity index (χ1n) is 7.87. The third-order valence-electron chi connectivity index (χ3n) is 3.89. The maximum Gasteiger partial charge on any atom is 0.251 e. The summed E-state index contributed by atoms with van der Waals surface area (Å²) in [6, 6.07) is 17.3. The summed E-state index contributed by atoms with van der Waals surface area (Å²) in [6.07, 6.45) is 3.65. The molecule has 3 aromatic rings. The minimum atomic E-state index is -0.0962. The van der Waals surface area contributed by atoms with Crippen molar-refractivity contribution in [2.45, 2.75) is 6.04 Å². The van der Waals surface area contributed by atoms with Crippen LogP contribution in [0.25, 0.3) is 11.1 Å². The van der Waals surface area contributed by atoms with Gasteiger partial charge < -0.3 is 10.6 Å². The summed E-state index contributed by atoms with van der Waals surface area (Å²) in [4.78, 5) is 12.4. The number of hydrogen-bond donors (Lipinski definition) is 3. The van der Waals surface area contributed by atoms with E-state index in [1.807, 2.05) is 67.8 Å². The zero-order valence-corrected chi connectivity index (χ0v) is 13.5. The molecule has 1 atom stereocenters. The van der Waals surface area contributed by atoms with Crippen LogP contribution in [0.2, 0.25) is 0 Å². The van der Waals surface area contributed by atoms with Crippen LogP contribution in [0.3, 0.4) is 0 Å². The van der Waals surface area contributed by atoms with Gasteiger partial charge in [0.2, 0.25) is 0 Å². The minimum Gasteiger partial charge on any atom is -0.344 e. The number of carbonyl (C=O) groups is 1. The maximum absolute atomic E-state index is 12.4. The number of benzene rings is 2. The summed E-state index contributed by atoms with van der Waals surface area (Å²) >= 11 is 0. The molecule has 5 nitrogen and oxygen atoms in total. The number of nitrogens with one attached hydrogen (secondary N) is 3. The molecule has 1 aromatic heterocycles. The molecule has 1 unspecified atom stereocenters. The fourth-order valence-corrected chi connectivity index (χ4v) is 2.60. The van der Waals surface area contributed by atoms with Crippen molar-refractivity contribution in [2.75, 3.05) is 13.6 Å². The first-order chi connectivity index (χ1) is 11.8. The van der Waals surface area contributed by atoms with E-state index in [0.29, 0.717) is 12.1 Å². The van der Waals surface area contributed by atoms with Crippen molar-refractivity contribution in [3.8, 4) is 11.1 Å². The van der Waals surface area contributed by atoms with Gasteiger partial charge in [0.15, 0.2) is 0 Å². The molecule has 24 heavy (non-hydrogen) atoms. The summed E-state index contributed by atoms with van der Waals surface area (Å²) in [7, 11) is 1.88. The van der Waals surface area contributed by atoms with Crippen molar-refractivity contribution in [1.29, 1.82) is 0 Å². The van der Waals surface area contributed by atoms with Crippen molar-refractivity contribution >= 4 is 5.91 Å². The number of nitrogens with zero attached hydrogens (tertiary/aromatic N) is 1. The molecule has 0 aliphatic heterocycles. The van der Waals surface area contributed by atoms with E-state index in [0.717, 1.165) is 16.7 Å². The second-order valence-electron chi connectivity index (χ2n) is 5.56. The van der Waals surface area contributed by atoms with Gasteiger partial charge in [-0.25, -0.2) is 0 Å². The van der Waals surface area contributed by atoms with E-state index in [9.17, 15) is 4.79 Å². The normalized spacial score (nSPS) is 11.9. The maximum atomic E-state index is 12.4. The average Bonchev–Trinajstić information content (AvgIpc) is 3.17. The number of hydrogen-bond acceptors (Lipinski definition) is 3. The number of amides is 1. The molecule has 0 saturated heterocycles. The molecule has 0 aliphatic rings. The van der Waals surface area contributed by atoms with Gasteiger partial charge in [-0.3, -0.25) is 9.89 Å². The van der Waals surface area contributed by atoms with Crippen LogP contribution >= 0.6 is 0 Å². The van der Waals surface area contributed by atoms with Gasteiger partial charge in [-0.15, -0.1) is 0 Å². The third-order valence-corrected chi connectivity index (χ3v) is 3.89. The van der Waals surface area contributed by atoms with E-state index in [1.54, 1.807) is 6.20 Å². The molecule has 1 amide bonds. The Kier molecular flexibility index (Phi) is 5.03. The van der Waals surface area contributed by atoms with Gasteiger partial charge in [0.05, 0.1) is 12.2 Å². The van der Waals surface area contributed by atoms with Crippen molar-refractivity contribution in [2.24, 2.45) is 0 Å². The van der Waals surface area contributed by atoms with Crippen LogP contribution in [0.4, 0.5) is 0 Å². The molecule has 0 aliphatic carbocycles. The minimum absolute atomic E-state index is 0.0743. The number of aromatic amines is 1. The first-order valence-corrected chi connectivity index (χ1v) is 7.87. The Bertz CT molecular complexity index is 767. The number of H-pyrrole nitrogens is 1. The third kappa shape index (κ3) is 3.70. The molecule has 1 heterocycles. The SMILES string of the molecule is CNCC(NC(=O)c1ccccc1)c1ccc(-c2cn[nH]c2)cc1. The second-order valence-corrected chi connectivity index (χ2v) is 5.56. The Morgan fingerprint density at radius 3 is 2.46 bits per heavy atom. The lowest BCUT2D eigenvalue weighted by atomic mass is 10.0. The van der Waals surface area contributed by atoms with Crippen LogP contribution in [0.1, 0.15) is 22.0 Å². The van der Waals surface area contributed by atoms with Crippen molar-refractivity contribution in [3.05, 3.63) is 78.1 Å². The predicted octanol–water partition coefficient (Wildman–Crippen LogP) is 2.77. The molecule has 0 fully saturated rings. The fraction of sp³-hybridized carbons (Fsp3) is 0.158. The smallest absolute Gasteiger partial charge is 0.251 e. The van der Waals surface area contributed by atoms with Crippen LogP contribution in [0.15, 0.2) is 67.0 Å². The van der Waals surface area contributed by atoms with E-state index in [2.05, 4.69) is 20.8 Å². The van der Waals surface area contributed by atoms with Gasteiger partial charge >= 0.3 is 0 Å². The Morgan fingerprint density at radius 2 is 1.83 bits per heavy atom. The molecule has 3 rings (SSSR count). The number of carbonyl (C=O) groups excluding carboxylic acids is 1. The van der Waals surface area contributed by atoms with Crippen molar-refractivity contribution < 1.29 is 4.79 Å². The van der Waals surface area contributed by atoms with Gasteiger partial charge in [0.25, 0.3) is 5.91 Å². The van der Waals surface area contributed by atoms with E-state index in [1.165, 1.54) is 0 Å². The summed E-state index contributed by atoms with van der Waals surface area (Å²) < 4.78 is 0. The topological polar surface area (TPSA) is 69.8 Å². The summed E-state index contributed by atoms with van der Waals surface area (Å²) in [6.45, 7) is 0.656. The van der Waals surface area contributed by atoms with Crippen molar-refractivity contribution in [3.63, 3.8) is 0 Å². The molecule has 2 aromatic carbocycles. The van der Waals surface area contributed by atoms with Crippen LogP contribution in [0, 0.1) is 0 Å². The monoisotopic (exact) mass is 320 g/mol. The highest BCUT2D eigenvalue weighted by Gasteiger charge is 2.15. The highest BCUT2D eigenvalue weighted by atomic mass is 16.1. The number of likely N-dealkylation sites (N-methyl/N-ethyl adjacent to an activating group) is 1. The fourth-order valence-electron chi connectivity index (χ4n) is 2.60. The van der Waals surface area contributed by atoms with E-state index < -0.39 is 0 Å². The lowest BCUT2D eigenvalue weighted by Crippen LogP contribution is -2.34. The Morgan fingerprint density at radius 1 is 1.08 bits per heavy atom. The zero-order chi connectivity index (χ0) is 16.8. The molecular formula is C19H20N4O. The molecule has 0 bridgehead atoms. The van der Waals surface area contributed by atoms with Gasteiger partial charge in [-0.1, -0.05) is 42.5 Å². The molecule has 0 radical (unpaired) electrons. The second kappa shape index (κ2) is 7.57. The average molecular weight is 320 g/mol. The number of rotatable bonds is 6. The zero-order valence-electron chi connectivity index (χ0n) is 13.5. The van der Waals surface area contributed by atoms with Crippen LogP contribution in [-0.4, -0.2) is 29.7 Å². The van der Waals surface area contributed by atoms with Gasteiger partial charge in [0, 0.05) is 23.9 Å². The van der Waals surface area contributed by atoms with Gasteiger partial charge in [-0.2, -0.15) is 5.10 Å². The highest BCUT2D eigenvalue weighted by Crippen LogP contribution is 2.21. The summed E-state index contributed by atoms with van der Waals surface area (Å²) in [5.41, 5.74) is 3.85. The van der Waals surface area contributed by atoms with Crippen LogP contribution in [-0.2, 0) is 0 Å². The summed E-state index contributed by atoms with van der Waals surface area (Å²) in [5.74, 6) is -0.0743. The highest BCUT2D eigenvalue weighted by molar-refractivity contribution is 5.94. The molecule has 3 N–H and O–H groups in total. The van der Waals surface area contributed by atoms with E-state index in [-0.39, 0.29) is 11.9 Å². The molecule has 122 valence electrons. The Labute approximate surface area is 141 Å². The Balaban J connectivity index is 1.76. The quantitative estimate of drug-likeness (QED) is 0.654. The van der Waals surface area contributed by atoms with Gasteiger partial charge in [0.1, 0.15) is 0 Å². The lowest BCUT2D eigenvalue weighted by molar-refractivity contribution is 0.0936. The summed E-state index contributed by atoms with van der Waals surface area (Å²) in [5, 5.41) is 13.0. The van der Waals surface area contributed by atoms with Crippen LogP contribution in [0.5, 0.6) is 0 Å². The first kappa shape index (κ1) is 16.0. The molecule has 0 spiro atoms. The molecular weight excluding hydrogens is 300 g/mol. The lowest BCUT2D eigenvalue weighted by Gasteiger charge is -2.19. The van der Waals surface area contributed by atoms with Crippen molar-refractivity contribution in [1.82, 2.24) is 20.8 Å². The van der Waals surface area contributed by atoms with E-state index in [4.69, 9.17) is 0 Å². The molecule has 0 saturated carbocycles. The van der Waals surface area contributed by atoms with Crippen LogP contribution < -0.4 is 10.6 Å². The number of aromatic nitrogens is 2. The largest absolute Gasteiger partial charge is 0.344 e.